The largest absolute Gasteiger partial charge is 0.480 e. The fraction of sp³-hybridized carbons (Fsp3) is 0.250. The second-order valence-electron chi connectivity index (χ2n) is 12.3. The van der Waals surface area contributed by atoms with Gasteiger partial charge in [-0.15, -0.1) is 0 Å². The lowest BCUT2D eigenvalue weighted by molar-refractivity contribution is -0.140. The summed E-state index contributed by atoms with van der Waals surface area (Å²) in [7, 11) is -3.51. The van der Waals surface area contributed by atoms with Crippen molar-refractivity contribution in [1.29, 1.82) is 0 Å². The Morgan fingerprint density at radius 3 is 2.13 bits per heavy atom. The van der Waals surface area contributed by atoms with Gasteiger partial charge >= 0.3 is 17.8 Å². The molecule has 2 heterocycles. The molecule has 4 rings (SSSR count). The van der Waals surface area contributed by atoms with Crippen LogP contribution >= 0.6 is 0 Å². The van der Waals surface area contributed by atoms with Crippen molar-refractivity contribution in [3.63, 3.8) is 0 Å². The number of rotatable bonds is 10. The Hall–Kier alpha value is -5.92. The number of nitrogens with one attached hydrogen (secondary N) is 3. The van der Waals surface area contributed by atoms with E-state index in [9.17, 15) is 55.1 Å². The molecule has 1 atom stereocenters. The number of pyridine rings is 1. The van der Waals surface area contributed by atoms with Gasteiger partial charge in [-0.1, -0.05) is 26.8 Å². The van der Waals surface area contributed by atoms with E-state index in [4.69, 9.17) is 0 Å². The maximum atomic E-state index is 15.0. The number of hydrogen-bond acceptors (Lipinski definition) is 8. The number of carboxylic acids is 1. The number of benzene rings is 2. The topological polar surface area (TPSA) is 199 Å². The van der Waals surface area contributed by atoms with Gasteiger partial charge in [-0.2, -0.15) is 13.2 Å². The van der Waals surface area contributed by atoms with Crippen molar-refractivity contribution in [2.75, 3.05) is 10.0 Å². The number of anilines is 2. The van der Waals surface area contributed by atoms with Gasteiger partial charge in [0.25, 0.3) is 21.5 Å². The number of carboxylic acid groups (broad SMARTS) is 1. The first kappa shape index (κ1) is 38.9. The number of carbonyl (C=O) groups is 3. The number of sulfonamides is 1. The molecule has 0 spiro atoms. The lowest BCUT2D eigenvalue weighted by Crippen LogP contribution is -2.43. The van der Waals surface area contributed by atoms with Crippen LogP contribution in [-0.4, -0.2) is 51.5 Å². The van der Waals surface area contributed by atoms with Gasteiger partial charge < -0.3 is 20.3 Å². The van der Waals surface area contributed by atoms with Crippen LogP contribution < -0.4 is 26.6 Å². The van der Waals surface area contributed by atoms with Crippen molar-refractivity contribution in [2.24, 2.45) is 12.5 Å². The Morgan fingerprint density at radius 2 is 1.60 bits per heavy atom. The normalized spacial score (nSPS) is 12.6. The summed E-state index contributed by atoms with van der Waals surface area (Å²) >= 11 is 0. The minimum atomic E-state index is -5.09. The van der Waals surface area contributed by atoms with Crippen LogP contribution in [0.1, 0.15) is 42.3 Å². The molecular weight excluding hydrogens is 723 g/mol. The minimum Gasteiger partial charge on any atom is -0.480 e. The van der Waals surface area contributed by atoms with E-state index in [0.717, 1.165) is 37.5 Å². The molecule has 0 aliphatic carbocycles. The molecule has 0 radical (unpaired) electrons. The average Bonchev–Trinajstić information content (AvgIpc) is 3.03. The Balaban J connectivity index is 1.50. The van der Waals surface area contributed by atoms with Crippen molar-refractivity contribution in [3.8, 4) is 5.82 Å². The van der Waals surface area contributed by atoms with E-state index < -0.39 is 91.5 Å². The first-order valence-electron chi connectivity index (χ1n) is 14.8. The molecule has 2 aromatic carbocycles. The highest BCUT2D eigenvalue weighted by Gasteiger charge is 2.36. The smallest absolute Gasteiger partial charge is 0.423 e. The highest BCUT2D eigenvalue weighted by atomic mass is 32.2. The molecule has 0 saturated heterocycles. The maximum Gasteiger partial charge on any atom is 0.423 e. The molecule has 20 heteroatoms. The van der Waals surface area contributed by atoms with Crippen molar-refractivity contribution >= 4 is 39.2 Å². The second kappa shape index (κ2) is 14.4. The third kappa shape index (κ3) is 8.68. The molecule has 4 N–H and O–H groups in total. The van der Waals surface area contributed by atoms with Crippen molar-refractivity contribution in [1.82, 2.24) is 19.4 Å². The number of nitrogens with zero attached hydrogens (tertiary/aromatic N) is 3. The minimum absolute atomic E-state index is 0.0364. The zero-order valence-electron chi connectivity index (χ0n) is 27.5. The molecule has 276 valence electrons. The third-order valence-corrected chi connectivity index (χ3v) is 8.67. The lowest BCUT2D eigenvalue weighted by Gasteiger charge is -2.18. The van der Waals surface area contributed by atoms with Gasteiger partial charge in [-0.25, -0.2) is 36.3 Å². The van der Waals surface area contributed by atoms with Crippen molar-refractivity contribution < 1.29 is 49.9 Å². The van der Waals surface area contributed by atoms with E-state index in [0.29, 0.717) is 22.9 Å². The molecule has 2 aromatic heterocycles. The second-order valence-corrected chi connectivity index (χ2v) is 14.0. The zero-order chi connectivity index (χ0) is 38.9. The summed E-state index contributed by atoms with van der Waals surface area (Å²) in [6.45, 7) is 5.02. The van der Waals surface area contributed by atoms with Crippen LogP contribution in [0.2, 0.25) is 0 Å². The Bertz CT molecular complexity index is 2280. The lowest BCUT2D eigenvalue weighted by atomic mass is 9.95. The zero-order valence-corrected chi connectivity index (χ0v) is 28.3. The average molecular weight is 753 g/mol. The first-order chi connectivity index (χ1) is 24.0. The van der Waals surface area contributed by atoms with Gasteiger partial charge in [0.1, 0.15) is 29.1 Å². The van der Waals surface area contributed by atoms with Crippen LogP contribution in [0.3, 0.4) is 0 Å². The molecule has 0 fully saturated rings. The third-order valence-electron chi connectivity index (χ3n) is 7.29. The number of aromatic nitrogens is 3. The summed E-state index contributed by atoms with van der Waals surface area (Å²) in [5.41, 5.74) is -6.78. The van der Waals surface area contributed by atoms with Crippen LogP contribution in [-0.2, 0) is 39.3 Å². The van der Waals surface area contributed by atoms with Crippen LogP contribution in [0.4, 0.5) is 33.3 Å². The number of halogens is 5. The maximum absolute atomic E-state index is 15.0. The fourth-order valence-electron chi connectivity index (χ4n) is 4.45. The molecule has 0 aliphatic heterocycles. The molecule has 14 nitrogen and oxygen atoms in total. The highest BCUT2D eigenvalue weighted by molar-refractivity contribution is 7.92. The Morgan fingerprint density at radius 1 is 0.962 bits per heavy atom. The van der Waals surface area contributed by atoms with Crippen LogP contribution in [0, 0.1) is 17.0 Å². The van der Waals surface area contributed by atoms with Gasteiger partial charge in [0.15, 0.2) is 0 Å². The van der Waals surface area contributed by atoms with Gasteiger partial charge in [-0.3, -0.25) is 19.1 Å². The number of carbonyl (C=O) groups excluding carboxylic acids is 2. The standard InChI is InChI=1S/C32H29F5N6O8S/c1-31(2,3)29(48)39-17-6-8-18(9-7-17)52(50,51)41-23-13-21(33)19(12-22(23)34)26(44)40-24(28(46)47)11-16-5-10-25(38-14-16)43-27(45)20(32(35,36)37)15-42(4)30(43)49/h5-10,12-15,24,41H,11H2,1-4H3,(H,39,48)(H,40,44)(H,46,47)/t24-/m0/s1. The van der Waals surface area contributed by atoms with E-state index in [1.807, 2.05) is 10.0 Å². The van der Waals surface area contributed by atoms with E-state index in [-0.39, 0.29) is 26.6 Å². The van der Waals surface area contributed by atoms with Crippen molar-refractivity contribution in [2.45, 2.75) is 44.3 Å². The predicted octanol–water partition coefficient (Wildman–Crippen LogP) is 3.44. The molecule has 52 heavy (non-hydrogen) atoms. The predicted molar refractivity (Wildman–Crippen MR) is 174 cm³/mol. The van der Waals surface area contributed by atoms with Crippen LogP contribution in [0.25, 0.3) is 5.82 Å². The molecule has 0 bridgehead atoms. The number of aliphatic carboxylic acids is 1. The Labute approximate surface area is 291 Å². The fourth-order valence-corrected chi connectivity index (χ4v) is 5.50. The summed E-state index contributed by atoms with van der Waals surface area (Å²) in [5, 5.41) is 14.3. The summed E-state index contributed by atoms with van der Waals surface area (Å²) in [4.78, 5) is 65.2. The van der Waals surface area contributed by atoms with E-state index in [1.54, 1.807) is 20.8 Å². The van der Waals surface area contributed by atoms with E-state index in [2.05, 4.69) is 10.3 Å². The first-order valence-corrected chi connectivity index (χ1v) is 16.3. The van der Waals surface area contributed by atoms with Gasteiger partial charge in [0, 0.05) is 43.0 Å². The van der Waals surface area contributed by atoms with Gasteiger partial charge in [-0.05, 0) is 42.0 Å². The number of hydrogen-bond donors (Lipinski definition) is 4. The molecule has 0 unspecified atom stereocenters. The molecule has 4 aromatic rings. The van der Waals surface area contributed by atoms with Gasteiger partial charge in [0.05, 0.1) is 16.1 Å². The monoisotopic (exact) mass is 752 g/mol. The van der Waals surface area contributed by atoms with E-state index >= 15 is 4.39 Å². The molecule has 0 aliphatic rings. The number of amides is 2. The van der Waals surface area contributed by atoms with Gasteiger partial charge in [0.2, 0.25) is 5.91 Å². The quantitative estimate of drug-likeness (QED) is 0.175. The SMILES string of the molecule is Cn1cc(C(F)(F)F)c(=O)n(-c2ccc(C[C@H](NC(=O)c3cc(F)c(NS(=O)(=O)c4ccc(NC(=O)C(C)(C)C)cc4)cc3F)C(=O)O)cn2)c1=O. The molecular formula is C32H29F5N6O8S. The van der Waals surface area contributed by atoms with Crippen LogP contribution in [0.5, 0.6) is 0 Å². The summed E-state index contributed by atoms with van der Waals surface area (Å²) < 4.78 is 98.2. The number of alkyl halides is 3. The summed E-state index contributed by atoms with van der Waals surface area (Å²) in [5.74, 6) is -6.74. The highest BCUT2D eigenvalue weighted by Crippen LogP contribution is 2.27. The summed E-state index contributed by atoms with van der Waals surface area (Å²) in [6.07, 6.45) is -4.38. The molecule has 2 amide bonds. The van der Waals surface area contributed by atoms with Crippen LogP contribution in [0.15, 0.2) is 75.4 Å². The summed E-state index contributed by atoms with van der Waals surface area (Å²) in [6, 6.07) is 5.78. The molecule has 0 saturated carbocycles. The Kier molecular flexibility index (Phi) is 10.7. The van der Waals surface area contributed by atoms with E-state index in [1.165, 1.54) is 12.1 Å². The van der Waals surface area contributed by atoms with Crippen molar-refractivity contribution in [3.05, 3.63) is 110 Å². The number of aryl methyl sites for hydroxylation is 1.